The van der Waals surface area contributed by atoms with Crippen LogP contribution in [0.1, 0.15) is 56.4 Å². The summed E-state index contributed by atoms with van der Waals surface area (Å²) < 4.78 is 0. The molecule has 1 saturated carbocycles. The Balaban J connectivity index is 1.96. The third-order valence-electron chi connectivity index (χ3n) is 4.38. The number of anilines is 1. The lowest BCUT2D eigenvalue weighted by molar-refractivity contribution is 0.0924. The highest BCUT2D eigenvalue weighted by atomic mass is 16.1. The predicted molar refractivity (Wildman–Crippen MR) is 81.9 cm³/mol. The molecule has 0 unspecified atom stereocenters. The third-order valence-corrected chi connectivity index (χ3v) is 4.38. The van der Waals surface area contributed by atoms with E-state index in [0.717, 1.165) is 25.3 Å². The van der Waals surface area contributed by atoms with Gasteiger partial charge in [0.1, 0.15) is 11.5 Å². The number of carbonyl (C=O) groups is 1. The van der Waals surface area contributed by atoms with Gasteiger partial charge in [-0.2, -0.15) is 0 Å². The van der Waals surface area contributed by atoms with Crippen LogP contribution >= 0.6 is 0 Å². The first-order valence-corrected chi connectivity index (χ1v) is 7.68. The van der Waals surface area contributed by atoms with E-state index in [2.05, 4.69) is 22.5 Å². The van der Waals surface area contributed by atoms with Crippen molar-refractivity contribution in [2.75, 3.05) is 18.4 Å². The largest absolute Gasteiger partial charge is 0.370 e. The van der Waals surface area contributed by atoms with Crippen LogP contribution in [0, 0.1) is 5.41 Å². The fraction of sp³-hybridized carbons (Fsp3) is 0.625. The number of nitrogens with one attached hydrogen (secondary N) is 2. The normalized spacial score (nSPS) is 16.9. The molecule has 0 spiro atoms. The SMILES string of the molecule is CCNc1cccc(C(=O)NCC2(CC)CCCC2)n1. The van der Waals surface area contributed by atoms with Crippen LogP contribution in [0.2, 0.25) is 0 Å². The molecule has 1 aromatic rings. The molecule has 1 heterocycles. The Labute approximate surface area is 121 Å². The van der Waals surface area contributed by atoms with E-state index in [1.165, 1.54) is 25.7 Å². The molecule has 0 aromatic carbocycles. The van der Waals surface area contributed by atoms with Crippen LogP contribution in [0.4, 0.5) is 5.82 Å². The van der Waals surface area contributed by atoms with Crippen LogP contribution in [0.25, 0.3) is 0 Å². The molecule has 1 fully saturated rings. The first-order chi connectivity index (χ1) is 9.69. The highest BCUT2D eigenvalue weighted by molar-refractivity contribution is 5.92. The molecule has 0 aliphatic heterocycles. The quantitative estimate of drug-likeness (QED) is 0.838. The summed E-state index contributed by atoms with van der Waals surface area (Å²) >= 11 is 0. The lowest BCUT2D eigenvalue weighted by Gasteiger charge is -2.27. The van der Waals surface area contributed by atoms with Gasteiger partial charge in [0.2, 0.25) is 0 Å². The molecule has 0 radical (unpaired) electrons. The highest BCUT2D eigenvalue weighted by Crippen LogP contribution is 2.40. The maximum absolute atomic E-state index is 12.2. The Bertz CT molecular complexity index is 453. The molecule has 1 aliphatic rings. The zero-order chi connectivity index (χ0) is 14.4. The predicted octanol–water partition coefficient (Wildman–Crippen LogP) is 3.21. The van der Waals surface area contributed by atoms with Crippen LogP contribution in [-0.4, -0.2) is 24.0 Å². The van der Waals surface area contributed by atoms with E-state index >= 15 is 0 Å². The summed E-state index contributed by atoms with van der Waals surface area (Å²) in [6.07, 6.45) is 6.18. The Kier molecular flexibility index (Phi) is 4.99. The molecule has 110 valence electrons. The minimum atomic E-state index is -0.0653. The number of aromatic nitrogens is 1. The fourth-order valence-electron chi connectivity index (χ4n) is 2.98. The lowest BCUT2D eigenvalue weighted by Crippen LogP contribution is -2.36. The van der Waals surface area contributed by atoms with Crippen molar-refractivity contribution in [3.8, 4) is 0 Å². The second-order valence-electron chi connectivity index (χ2n) is 5.68. The Hall–Kier alpha value is -1.58. The van der Waals surface area contributed by atoms with Gasteiger partial charge in [-0.25, -0.2) is 4.98 Å². The number of nitrogens with zero attached hydrogens (tertiary/aromatic N) is 1. The van der Waals surface area contributed by atoms with Crippen molar-refractivity contribution in [3.05, 3.63) is 23.9 Å². The zero-order valence-electron chi connectivity index (χ0n) is 12.5. The van der Waals surface area contributed by atoms with Crippen molar-refractivity contribution in [2.24, 2.45) is 5.41 Å². The first kappa shape index (κ1) is 14.8. The minimum Gasteiger partial charge on any atom is -0.370 e. The third kappa shape index (κ3) is 3.50. The summed E-state index contributed by atoms with van der Waals surface area (Å²) in [5, 5.41) is 6.20. The Morgan fingerprint density at radius 3 is 2.70 bits per heavy atom. The van der Waals surface area contributed by atoms with E-state index in [4.69, 9.17) is 0 Å². The van der Waals surface area contributed by atoms with Crippen molar-refractivity contribution >= 4 is 11.7 Å². The molecule has 2 N–H and O–H groups in total. The molecule has 4 nitrogen and oxygen atoms in total. The number of hydrogen-bond acceptors (Lipinski definition) is 3. The van der Waals surface area contributed by atoms with Crippen LogP contribution in [-0.2, 0) is 0 Å². The molecule has 2 rings (SSSR count). The average molecular weight is 275 g/mol. The van der Waals surface area contributed by atoms with E-state index in [9.17, 15) is 4.79 Å². The van der Waals surface area contributed by atoms with Crippen LogP contribution in [0.3, 0.4) is 0 Å². The van der Waals surface area contributed by atoms with Crippen molar-refractivity contribution in [2.45, 2.75) is 46.0 Å². The summed E-state index contributed by atoms with van der Waals surface area (Å²) in [6.45, 7) is 5.81. The summed E-state index contributed by atoms with van der Waals surface area (Å²) in [4.78, 5) is 16.5. The van der Waals surface area contributed by atoms with Gasteiger partial charge in [-0.3, -0.25) is 4.79 Å². The van der Waals surface area contributed by atoms with Gasteiger partial charge < -0.3 is 10.6 Å². The number of carbonyl (C=O) groups excluding carboxylic acids is 1. The number of pyridine rings is 1. The van der Waals surface area contributed by atoms with Crippen molar-refractivity contribution in [1.82, 2.24) is 10.3 Å². The molecule has 0 atom stereocenters. The molecule has 1 aromatic heterocycles. The molecule has 1 amide bonds. The van der Waals surface area contributed by atoms with E-state index < -0.39 is 0 Å². The standard InChI is InChI=1S/C16H25N3O/c1-3-16(10-5-6-11-16)12-18-15(20)13-8-7-9-14(19-13)17-4-2/h7-9H,3-6,10-12H2,1-2H3,(H,17,19)(H,18,20). The Morgan fingerprint density at radius 2 is 2.05 bits per heavy atom. The highest BCUT2D eigenvalue weighted by Gasteiger charge is 2.32. The average Bonchev–Trinajstić information content (AvgIpc) is 2.95. The van der Waals surface area contributed by atoms with Gasteiger partial charge in [0.25, 0.3) is 5.91 Å². The number of hydrogen-bond donors (Lipinski definition) is 2. The number of rotatable bonds is 6. The molecule has 4 heteroatoms. The fourth-order valence-corrected chi connectivity index (χ4v) is 2.98. The van der Waals surface area contributed by atoms with Crippen molar-refractivity contribution in [1.29, 1.82) is 0 Å². The maximum atomic E-state index is 12.2. The van der Waals surface area contributed by atoms with E-state index in [-0.39, 0.29) is 5.91 Å². The van der Waals surface area contributed by atoms with E-state index in [1.54, 1.807) is 6.07 Å². The van der Waals surface area contributed by atoms with Gasteiger partial charge in [0.15, 0.2) is 0 Å². The van der Waals surface area contributed by atoms with Gasteiger partial charge in [-0.05, 0) is 43.7 Å². The van der Waals surface area contributed by atoms with Gasteiger partial charge in [0, 0.05) is 13.1 Å². The molecular weight excluding hydrogens is 250 g/mol. The summed E-state index contributed by atoms with van der Waals surface area (Å²) in [5.74, 6) is 0.690. The summed E-state index contributed by atoms with van der Waals surface area (Å²) in [6, 6.07) is 5.51. The minimum absolute atomic E-state index is 0.0653. The van der Waals surface area contributed by atoms with Crippen LogP contribution < -0.4 is 10.6 Å². The van der Waals surface area contributed by atoms with Crippen molar-refractivity contribution in [3.63, 3.8) is 0 Å². The monoisotopic (exact) mass is 275 g/mol. The van der Waals surface area contributed by atoms with Gasteiger partial charge >= 0.3 is 0 Å². The summed E-state index contributed by atoms with van der Waals surface area (Å²) in [5.41, 5.74) is 0.808. The van der Waals surface area contributed by atoms with Crippen molar-refractivity contribution < 1.29 is 4.79 Å². The van der Waals surface area contributed by atoms with Crippen LogP contribution in [0.15, 0.2) is 18.2 Å². The molecule has 20 heavy (non-hydrogen) atoms. The maximum Gasteiger partial charge on any atom is 0.269 e. The smallest absolute Gasteiger partial charge is 0.269 e. The van der Waals surface area contributed by atoms with Crippen LogP contribution in [0.5, 0.6) is 0 Å². The topological polar surface area (TPSA) is 54.0 Å². The summed E-state index contributed by atoms with van der Waals surface area (Å²) in [7, 11) is 0. The second kappa shape index (κ2) is 6.73. The van der Waals surface area contributed by atoms with Gasteiger partial charge in [-0.1, -0.05) is 25.8 Å². The first-order valence-electron chi connectivity index (χ1n) is 7.68. The molecule has 1 aliphatic carbocycles. The lowest BCUT2D eigenvalue weighted by atomic mass is 9.83. The van der Waals surface area contributed by atoms with Gasteiger partial charge in [-0.15, -0.1) is 0 Å². The zero-order valence-corrected chi connectivity index (χ0v) is 12.5. The molecule has 0 bridgehead atoms. The Morgan fingerprint density at radius 1 is 1.30 bits per heavy atom. The number of amides is 1. The van der Waals surface area contributed by atoms with E-state index in [0.29, 0.717) is 11.1 Å². The molecular formula is C16H25N3O. The van der Waals surface area contributed by atoms with E-state index in [1.807, 2.05) is 19.1 Å². The second-order valence-corrected chi connectivity index (χ2v) is 5.68. The van der Waals surface area contributed by atoms with Gasteiger partial charge in [0.05, 0.1) is 0 Å². The molecule has 0 saturated heterocycles.